The summed E-state index contributed by atoms with van der Waals surface area (Å²) in [7, 11) is 0. The minimum absolute atomic E-state index is 0.211. The molecule has 3 fully saturated rings. The van der Waals surface area contributed by atoms with Gasteiger partial charge in [-0.05, 0) is 84.7 Å². The smallest absolute Gasteiger partial charge is 0.333 e. The van der Waals surface area contributed by atoms with E-state index in [9.17, 15) is 14.4 Å². The zero-order chi connectivity index (χ0) is 42.1. The Balaban J connectivity index is 1.08. The normalized spacial score (nSPS) is 22.5. The van der Waals surface area contributed by atoms with Gasteiger partial charge in [0, 0.05) is 58.4 Å². The van der Waals surface area contributed by atoms with E-state index in [0.717, 1.165) is 34.7 Å². The number of allylic oxidation sites excluding steroid dienone is 4. The molecule has 2 aromatic heterocycles. The minimum Gasteiger partial charge on any atom is -0.336 e. The summed E-state index contributed by atoms with van der Waals surface area (Å²) in [5, 5.41) is 9.50. The molecule has 4 unspecified atom stereocenters. The molecule has 3 heterocycles. The Kier molecular flexibility index (Phi) is 9.29. The van der Waals surface area contributed by atoms with Gasteiger partial charge in [-0.15, -0.1) is 0 Å². The molecule has 11 rings (SSSR count). The molecule has 7 heteroatoms. The summed E-state index contributed by atoms with van der Waals surface area (Å²) < 4.78 is 4.81. The van der Waals surface area contributed by atoms with Crippen molar-refractivity contribution in [3.8, 4) is 0 Å². The molecule has 3 aliphatic rings. The molecule has 2 aliphatic carbocycles. The second kappa shape index (κ2) is 15.2. The first-order valence-corrected chi connectivity index (χ1v) is 22.1. The molecular formula is C55H48N4O3. The average Bonchev–Trinajstić information content (AvgIpc) is 3.74. The van der Waals surface area contributed by atoms with Gasteiger partial charge in [0.15, 0.2) is 0 Å². The van der Waals surface area contributed by atoms with Crippen LogP contribution in [0.15, 0.2) is 157 Å². The monoisotopic (exact) mass is 812 g/mol. The summed E-state index contributed by atoms with van der Waals surface area (Å²) in [6.45, 7) is 5.53. The minimum atomic E-state index is -0.613. The number of nitrogens with zero attached hydrogens (tertiary/aromatic N) is 4. The lowest BCUT2D eigenvalue weighted by molar-refractivity contribution is -0.154. The van der Waals surface area contributed by atoms with Gasteiger partial charge in [0.25, 0.3) is 0 Å². The summed E-state index contributed by atoms with van der Waals surface area (Å²) in [5.41, 5.74) is 7.13. The van der Waals surface area contributed by atoms with Crippen molar-refractivity contribution in [1.29, 1.82) is 0 Å². The van der Waals surface area contributed by atoms with Crippen LogP contribution in [0.2, 0.25) is 0 Å². The van der Waals surface area contributed by atoms with Crippen LogP contribution in [0.3, 0.4) is 0 Å². The van der Waals surface area contributed by atoms with Crippen molar-refractivity contribution in [2.24, 2.45) is 23.7 Å². The predicted molar refractivity (Wildman–Crippen MR) is 249 cm³/mol. The molecule has 0 radical (unpaired) electrons. The summed E-state index contributed by atoms with van der Waals surface area (Å²) in [6.07, 6.45) is 10.5. The molecule has 2 saturated carbocycles. The van der Waals surface area contributed by atoms with Crippen LogP contribution < -0.4 is 10.7 Å². The van der Waals surface area contributed by atoms with Crippen LogP contribution in [0.25, 0.3) is 55.5 Å². The maximum atomic E-state index is 14.6. The number of imide groups is 2. The number of hydrogen-bond donors (Lipinski definition) is 0. The lowest BCUT2D eigenvalue weighted by atomic mass is 9.48. The number of rotatable bonds is 8. The Morgan fingerprint density at radius 3 is 1.27 bits per heavy atom. The third kappa shape index (κ3) is 5.89. The summed E-state index contributed by atoms with van der Waals surface area (Å²) in [4.78, 5) is 45.7. The highest BCUT2D eigenvalue weighted by molar-refractivity contribution is 6.12. The summed E-state index contributed by atoms with van der Waals surface area (Å²) >= 11 is 0. The van der Waals surface area contributed by atoms with Crippen molar-refractivity contribution < 1.29 is 14.4 Å². The number of urea groups is 1. The fourth-order valence-corrected chi connectivity index (χ4v) is 11.2. The number of carbonyl (C=O) groups is 3. The van der Waals surface area contributed by atoms with E-state index in [2.05, 4.69) is 167 Å². The maximum Gasteiger partial charge on any atom is 0.333 e. The average molecular weight is 813 g/mol. The molecular weight excluding hydrogens is 765 g/mol. The quantitative estimate of drug-likeness (QED) is 0.154. The zero-order valence-electron chi connectivity index (χ0n) is 35.1. The lowest BCUT2D eigenvalue weighted by Crippen LogP contribution is -2.58. The second-order valence-electron chi connectivity index (χ2n) is 17.1. The van der Waals surface area contributed by atoms with E-state index in [1.807, 2.05) is 13.8 Å². The fraction of sp³-hybridized carbons (Fsp3) is 0.218. The molecule has 8 aromatic rings. The molecule has 62 heavy (non-hydrogen) atoms. The standard InChI is InChI=1S/C55H48N4O3/c1-3-56-53(60)51-49-39(29-31-43-41-23-11-19-37-21-13-25-45(47(37)41)58(43)33-35-15-7-5-8-16-35)27-28-40(50(49)52(51)54(61)57(4-2)55(56)62)30-32-44-42-24-12-20-38-22-14-26-46(48(38)42)59(44)34-36-17-9-6-10-18-36/h5-26,29-32,49-52H,3-4,27-28,33-34H2,1-2H3/b39-29-,40-30-,43-31-,44-32-. The summed E-state index contributed by atoms with van der Waals surface area (Å²) in [6, 6.07) is 46.7. The van der Waals surface area contributed by atoms with Crippen molar-refractivity contribution in [3.63, 3.8) is 0 Å². The highest BCUT2D eigenvalue weighted by Gasteiger charge is 2.64. The number of hydrogen-bond acceptors (Lipinski definition) is 3. The fourth-order valence-electron chi connectivity index (χ4n) is 11.2. The van der Waals surface area contributed by atoms with Gasteiger partial charge >= 0.3 is 6.03 Å². The Labute approximate surface area is 360 Å². The lowest BCUT2D eigenvalue weighted by Gasteiger charge is -2.54. The first-order valence-electron chi connectivity index (χ1n) is 22.1. The van der Waals surface area contributed by atoms with Gasteiger partial charge in [-0.1, -0.05) is 145 Å². The van der Waals surface area contributed by atoms with E-state index < -0.39 is 17.9 Å². The molecule has 0 spiro atoms. The SMILES string of the molecule is CCN1C(=O)C2C(C(=O)N(CC)C1=O)C1/C(=C\C=c3\c4cccc5cccc(c54)n3Cc3ccccc3)CC/C(=C/C=c3/c4cccc5cccc(c54)n3Cc3ccccc3)C21. The van der Waals surface area contributed by atoms with Crippen molar-refractivity contribution in [1.82, 2.24) is 18.9 Å². The highest BCUT2D eigenvalue weighted by Crippen LogP contribution is 2.60. The Bertz CT molecular complexity index is 3040. The molecule has 4 amide bonds. The van der Waals surface area contributed by atoms with Crippen molar-refractivity contribution >= 4 is 73.3 Å². The van der Waals surface area contributed by atoms with Gasteiger partial charge in [0.1, 0.15) is 0 Å². The largest absolute Gasteiger partial charge is 0.336 e. The third-order valence-electron chi connectivity index (χ3n) is 14.1. The van der Waals surface area contributed by atoms with Crippen LogP contribution in [-0.4, -0.2) is 49.9 Å². The van der Waals surface area contributed by atoms with E-state index in [-0.39, 0.29) is 36.7 Å². The third-order valence-corrected chi connectivity index (χ3v) is 14.1. The highest BCUT2D eigenvalue weighted by atomic mass is 16.2. The first kappa shape index (κ1) is 38.0. The van der Waals surface area contributed by atoms with Crippen LogP contribution >= 0.6 is 0 Å². The Hall–Kier alpha value is -6.99. The molecule has 7 nitrogen and oxygen atoms in total. The molecule has 0 N–H and O–H groups in total. The zero-order valence-corrected chi connectivity index (χ0v) is 35.1. The van der Waals surface area contributed by atoms with Crippen LogP contribution in [-0.2, 0) is 22.7 Å². The van der Waals surface area contributed by atoms with Crippen LogP contribution in [0.1, 0.15) is 37.8 Å². The Morgan fingerprint density at radius 2 is 0.871 bits per heavy atom. The van der Waals surface area contributed by atoms with Crippen LogP contribution in [0, 0.1) is 23.7 Å². The van der Waals surface area contributed by atoms with E-state index in [4.69, 9.17) is 0 Å². The number of benzene rings is 6. The molecule has 1 saturated heterocycles. The predicted octanol–water partition coefficient (Wildman–Crippen LogP) is 9.65. The van der Waals surface area contributed by atoms with Gasteiger partial charge in [0.05, 0.1) is 22.9 Å². The van der Waals surface area contributed by atoms with E-state index in [1.165, 1.54) is 64.3 Å². The van der Waals surface area contributed by atoms with Crippen molar-refractivity contribution in [2.45, 2.75) is 39.8 Å². The van der Waals surface area contributed by atoms with E-state index in [1.54, 1.807) is 0 Å². The van der Waals surface area contributed by atoms with Gasteiger partial charge in [0.2, 0.25) is 11.8 Å². The van der Waals surface area contributed by atoms with Gasteiger partial charge in [-0.3, -0.25) is 19.4 Å². The number of aromatic nitrogens is 2. The Morgan fingerprint density at radius 1 is 0.468 bits per heavy atom. The van der Waals surface area contributed by atoms with Gasteiger partial charge < -0.3 is 9.13 Å². The first-order chi connectivity index (χ1) is 30.4. The van der Waals surface area contributed by atoms with Crippen molar-refractivity contribution in [3.05, 3.63) is 179 Å². The van der Waals surface area contributed by atoms with Crippen LogP contribution in [0.4, 0.5) is 4.79 Å². The van der Waals surface area contributed by atoms with E-state index >= 15 is 0 Å². The molecule has 0 bridgehead atoms. The van der Waals surface area contributed by atoms with Gasteiger partial charge in [-0.25, -0.2) is 4.79 Å². The molecule has 306 valence electrons. The molecule has 1 aliphatic heterocycles. The number of amides is 4. The molecule has 6 aromatic carbocycles. The molecule has 4 atom stereocenters. The van der Waals surface area contributed by atoms with Crippen molar-refractivity contribution in [2.75, 3.05) is 13.1 Å². The summed E-state index contributed by atoms with van der Waals surface area (Å²) in [5.74, 6) is -2.12. The number of carbonyl (C=O) groups excluding carboxylic acids is 3. The van der Waals surface area contributed by atoms with Crippen LogP contribution in [0.5, 0.6) is 0 Å². The second-order valence-corrected chi connectivity index (χ2v) is 17.1. The van der Waals surface area contributed by atoms with Gasteiger partial charge in [-0.2, -0.15) is 0 Å². The maximum absolute atomic E-state index is 14.6. The topological polar surface area (TPSA) is 67.6 Å². The van der Waals surface area contributed by atoms with E-state index in [0.29, 0.717) is 13.1 Å². The number of fused-ring (bicyclic) bond motifs is 4.